The monoisotopic (exact) mass is 621 g/mol. The summed E-state index contributed by atoms with van der Waals surface area (Å²) in [5.41, 5.74) is 2.34. The van der Waals surface area contributed by atoms with E-state index < -0.39 is 23.7 Å². The van der Waals surface area contributed by atoms with Crippen LogP contribution in [0.5, 0.6) is 11.5 Å². The Labute approximate surface area is 267 Å². The van der Waals surface area contributed by atoms with Gasteiger partial charge >= 0.3 is 0 Å². The van der Waals surface area contributed by atoms with Crippen LogP contribution in [0, 0.1) is 0 Å². The maximum absolute atomic E-state index is 13.0. The van der Waals surface area contributed by atoms with Gasteiger partial charge in [-0.05, 0) is 97.8 Å². The highest BCUT2D eigenvalue weighted by Crippen LogP contribution is 2.56. The molecule has 3 fully saturated rings. The van der Waals surface area contributed by atoms with Gasteiger partial charge in [0, 0.05) is 22.5 Å². The normalized spacial score (nSPS) is 26.4. The molecule has 5 atom stereocenters. The molecule has 0 bridgehead atoms. The Morgan fingerprint density at radius 2 is 1.17 bits per heavy atom. The molecule has 10 heteroatoms. The van der Waals surface area contributed by atoms with Gasteiger partial charge in [0.05, 0.1) is 20.8 Å². The van der Waals surface area contributed by atoms with Crippen LogP contribution < -0.4 is 20.1 Å². The fourth-order valence-electron chi connectivity index (χ4n) is 6.52. The summed E-state index contributed by atoms with van der Waals surface area (Å²) in [6, 6.07) is 29.2. The molecular formula is C36H35N3O7. The van der Waals surface area contributed by atoms with Gasteiger partial charge in [0.2, 0.25) is 0 Å². The van der Waals surface area contributed by atoms with Gasteiger partial charge in [-0.1, -0.05) is 24.3 Å². The zero-order chi connectivity index (χ0) is 32.1. The zero-order valence-corrected chi connectivity index (χ0v) is 26.0. The van der Waals surface area contributed by atoms with Crippen LogP contribution in [-0.2, 0) is 25.4 Å². The molecule has 3 heterocycles. The third-order valence-electron chi connectivity index (χ3n) is 9.04. The average molecular weight is 622 g/mol. The van der Waals surface area contributed by atoms with E-state index in [0.717, 1.165) is 11.1 Å². The minimum Gasteiger partial charge on any atom is -0.497 e. The second-order valence-corrected chi connectivity index (χ2v) is 11.9. The lowest BCUT2D eigenvalue weighted by Crippen LogP contribution is -2.40. The number of carbonyl (C=O) groups is 2. The van der Waals surface area contributed by atoms with Gasteiger partial charge in [0.25, 0.3) is 11.8 Å². The molecule has 0 aliphatic carbocycles. The van der Waals surface area contributed by atoms with Crippen LogP contribution in [0.4, 0.5) is 11.4 Å². The predicted octanol–water partition coefficient (Wildman–Crippen LogP) is 5.71. The molecule has 10 nitrogen and oxygen atoms in total. The molecule has 2 N–H and O–H groups in total. The summed E-state index contributed by atoms with van der Waals surface area (Å²) in [5.74, 6) is 0.910. The van der Waals surface area contributed by atoms with E-state index in [4.69, 9.17) is 23.7 Å². The van der Waals surface area contributed by atoms with Crippen LogP contribution in [0.25, 0.3) is 0 Å². The number of hydrogen-bond donors (Lipinski definition) is 2. The van der Waals surface area contributed by atoms with Crippen molar-refractivity contribution in [2.45, 2.75) is 43.7 Å². The van der Waals surface area contributed by atoms with E-state index in [2.05, 4.69) is 15.5 Å². The second-order valence-electron chi connectivity index (χ2n) is 11.9. The second kappa shape index (κ2) is 11.6. The molecule has 0 aromatic heterocycles. The topological polar surface area (TPSA) is 108 Å². The van der Waals surface area contributed by atoms with Crippen LogP contribution in [0.1, 0.15) is 45.7 Å². The lowest BCUT2D eigenvalue weighted by atomic mass is 9.93. The Bertz CT molecular complexity index is 1670. The summed E-state index contributed by atoms with van der Waals surface area (Å²) in [6.45, 7) is 4.40. The first-order valence-electron chi connectivity index (χ1n) is 15.1. The van der Waals surface area contributed by atoms with Gasteiger partial charge in [0.15, 0.2) is 0 Å². The highest BCUT2D eigenvalue weighted by Gasteiger charge is 2.68. The summed E-state index contributed by atoms with van der Waals surface area (Å²) in [6.07, 6.45) is -1.19. The van der Waals surface area contributed by atoms with E-state index in [0.29, 0.717) is 40.6 Å². The summed E-state index contributed by atoms with van der Waals surface area (Å²) in [5, 5.41) is 5.99. The number of nitrogens with zero attached hydrogens (tertiary/aromatic N) is 1. The number of methoxy groups -OCH3 is 2. The van der Waals surface area contributed by atoms with E-state index in [1.54, 1.807) is 62.8 Å². The maximum atomic E-state index is 13.0. The number of carbonyl (C=O) groups excluding carboxylic acids is 2. The molecule has 0 radical (unpaired) electrons. The van der Waals surface area contributed by atoms with Crippen molar-refractivity contribution in [3.63, 3.8) is 0 Å². The third-order valence-corrected chi connectivity index (χ3v) is 9.04. The molecule has 3 aliphatic heterocycles. The molecule has 4 aromatic carbocycles. The van der Waals surface area contributed by atoms with Crippen LogP contribution in [0.2, 0.25) is 0 Å². The third kappa shape index (κ3) is 5.09. The highest BCUT2D eigenvalue weighted by atomic mass is 16.7. The molecule has 3 aliphatic rings. The summed E-state index contributed by atoms with van der Waals surface area (Å²) in [4.78, 5) is 28.1. The van der Waals surface area contributed by atoms with Crippen molar-refractivity contribution < 1.29 is 33.3 Å². The minimum absolute atomic E-state index is 0.227. The van der Waals surface area contributed by atoms with Gasteiger partial charge < -0.3 is 34.3 Å². The van der Waals surface area contributed by atoms with Gasteiger partial charge in [0.1, 0.15) is 41.4 Å². The highest BCUT2D eigenvalue weighted by molar-refractivity contribution is 6.05. The molecule has 236 valence electrons. The number of anilines is 2. The molecule has 0 spiro atoms. The molecule has 4 aromatic rings. The van der Waals surface area contributed by atoms with Gasteiger partial charge in [-0.3, -0.25) is 9.59 Å². The molecule has 3 saturated heterocycles. The summed E-state index contributed by atoms with van der Waals surface area (Å²) < 4.78 is 30.2. The molecule has 7 rings (SSSR count). The molecule has 46 heavy (non-hydrogen) atoms. The molecule has 2 unspecified atom stereocenters. The first-order valence-corrected chi connectivity index (χ1v) is 15.1. The summed E-state index contributed by atoms with van der Waals surface area (Å²) in [7, 11) is 3.17. The quantitative estimate of drug-likeness (QED) is 0.258. The number of amides is 2. The number of rotatable bonds is 8. The first-order chi connectivity index (χ1) is 22.2. The van der Waals surface area contributed by atoms with E-state index >= 15 is 0 Å². The van der Waals surface area contributed by atoms with Crippen molar-refractivity contribution in [2.24, 2.45) is 0 Å². The van der Waals surface area contributed by atoms with Crippen LogP contribution in [0.3, 0.4) is 0 Å². The Morgan fingerprint density at radius 1 is 0.696 bits per heavy atom. The first kappa shape index (κ1) is 29.9. The van der Waals surface area contributed by atoms with E-state index in [1.807, 2.05) is 62.4 Å². The SMILES string of the molecule is COc1ccc(C(=O)Nc2cccc([C@]3(C)OC4N5C3OC[C@H]5O[C@@]4(C)c3cccc(NC(=O)c4ccc(OC)cc4)c3)c2)cc1. The Balaban J connectivity index is 1.12. The van der Waals surface area contributed by atoms with Crippen molar-refractivity contribution in [1.82, 2.24) is 4.90 Å². The lowest BCUT2D eigenvalue weighted by Gasteiger charge is -2.33. The fraction of sp³-hybridized carbons (Fsp3) is 0.278. The Hall–Kier alpha value is -4.74. The summed E-state index contributed by atoms with van der Waals surface area (Å²) >= 11 is 0. The standard InChI is InChI=1S/C36H35N3O7/c1-35(24-7-5-9-26(19-24)37-31(40)22-11-15-28(42-3)16-12-22)33-39-30(21-44-33)45-36(2,34(39)46-35)25-8-6-10-27(20-25)38-32(41)23-13-17-29(43-4)18-14-23/h5-20,30,33-34H,21H2,1-4H3,(H,37,40)(H,38,41)/t30-,33?,34?,35+,36+/m1/s1. The van der Waals surface area contributed by atoms with Gasteiger partial charge in [-0.25, -0.2) is 4.90 Å². The molecule has 2 amide bonds. The number of ether oxygens (including phenoxy) is 5. The van der Waals surface area contributed by atoms with Gasteiger partial charge in [-0.2, -0.15) is 0 Å². The fourth-order valence-corrected chi connectivity index (χ4v) is 6.52. The largest absolute Gasteiger partial charge is 0.497 e. The van der Waals surface area contributed by atoms with Crippen molar-refractivity contribution >= 4 is 23.2 Å². The lowest BCUT2D eigenvalue weighted by molar-refractivity contribution is -0.138. The van der Waals surface area contributed by atoms with Crippen molar-refractivity contribution in [3.05, 3.63) is 119 Å². The Morgan fingerprint density at radius 3 is 1.65 bits per heavy atom. The zero-order valence-electron chi connectivity index (χ0n) is 26.0. The van der Waals surface area contributed by atoms with Crippen LogP contribution in [0.15, 0.2) is 97.1 Å². The van der Waals surface area contributed by atoms with Crippen LogP contribution in [-0.4, -0.2) is 56.2 Å². The van der Waals surface area contributed by atoms with Crippen LogP contribution >= 0.6 is 0 Å². The van der Waals surface area contributed by atoms with E-state index in [-0.39, 0.29) is 18.0 Å². The number of nitrogens with one attached hydrogen (secondary N) is 2. The molecular weight excluding hydrogens is 586 g/mol. The minimum atomic E-state index is -0.856. The number of benzene rings is 4. The van der Waals surface area contributed by atoms with Crippen molar-refractivity contribution in [2.75, 3.05) is 31.5 Å². The van der Waals surface area contributed by atoms with Crippen molar-refractivity contribution in [1.29, 1.82) is 0 Å². The van der Waals surface area contributed by atoms with E-state index in [1.165, 1.54) is 0 Å². The smallest absolute Gasteiger partial charge is 0.255 e. The Kier molecular flexibility index (Phi) is 7.53. The maximum Gasteiger partial charge on any atom is 0.255 e. The predicted molar refractivity (Wildman–Crippen MR) is 171 cm³/mol. The van der Waals surface area contributed by atoms with Crippen molar-refractivity contribution in [3.8, 4) is 11.5 Å². The number of hydrogen-bond acceptors (Lipinski definition) is 8. The average Bonchev–Trinajstić information content (AvgIpc) is 3.73. The van der Waals surface area contributed by atoms with Gasteiger partial charge in [-0.15, -0.1) is 0 Å². The molecule has 0 saturated carbocycles. The van der Waals surface area contributed by atoms with E-state index in [9.17, 15) is 9.59 Å².